The molecule has 0 saturated heterocycles. The summed E-state index contributed by atoms with van der Waals surface area (Å²) < 4.78 is 6.75. The van der Waals surface area contributed by atoms with Crippen molar-refractivity contribution in [2.24, 2.45) is 0 Å². The van der Waals surface area contributed by atoms with Crippen LogP contribution in [-0.2, 0) is 6.61 Å². The zero-order valence-corrected chi connectivity index (χ0v) is 16.6. The van der Waals surface area contributed by atoms with E-state index in [1.54, 1.807) is 6.07 Å². The number of rotatable bonds is 5. The molecule has 4 heteroatoms. The van der Waals surface area contributed by atoms with Crippen LogP contribution in [0.5, 0.6) is 5.75 Å². The van der Waals surface area contributed by atoms with Crippen LogP contribution in [0, 0.1) is 0 Å². The molecule has 138 valence electrons. The first-order valence-corrected chi connectivity index (χ1v) is 9.75. The number of anilines is 1. The largest absolute Gasteiger partial charge is 0.488 e. The van der Waals surface area contributed by atoms with Crippen LogP contribution in [0.4, 0.5) is 5.69 Å². The van der Waals surface area contributed by atoms with E-state index < -0.39 is 0 Å². The normalized spacial score (nSPS) is 10.6. The summed E-state index contributed by atoms with van der Waals surface area (Å²) in [6.07, 6.45) is 0. The van der Waals surface area contributed by atoms with Crippen LogP contribution in [-0.4, -0.2) is 5.91 Å². The molecular formula is C24H18BrNO2. The number of hydrogen-bond acceptors (Lipinski definition) is 2. The lowest BCUT2D eigenvalue weighted by Gasteiger charge is -2.13. The molecule has 0 saturated carbocycles. The Hall–Kier alpha value is -3.11. The summed E-state index contributed by atoms with van der Waals surface area (Å²) in [4.78, 5) is 12.9. The first-order chi connectivity index (χ1) is 13.7. The maximum absolute atomic E-state index is 12.9. The Kier molecular flexibility index (Phi) is 5.40. The minimum atomic E-state index is -0.209. The Bertz CT molecular complexity index is 1130. The van der Waals surface area contributed by atoms with Crippen molar-refractivity contribution in [1.82, 2.24) is 0 Å². The van der Waals surface area contributed by atoms with Gasteiger partial charge in [0.1, 0.15) is 12.4 Å². The van der Waals surface area contributed by atoms with Crippen molar-refractivity contribution in [3.63, 3.8) is 0 Å². The van der Waals surface area contributed by atoms with Gasteiger partial charge in [0, 0.05) is 10.2 Å². The second-order valence-corrected chi connectivity index (χ2v) is 7.35. The molecule has 0 aliphatic rings. The predicted octanol–water partition coefficient (Wildman–Crippen LogP) is 6.43. The smallest absolute Gasteiger partial charge is 0.259 e. The zero-order valence-electron chi connectivity index (χ0n) is 15.1. The van der Waals surface area contributed by atoms with Gasteiger partial charge in [-0.15, -0.1) is 0 Å². The average Bonchev–Trinajstić information content (AvgIpc) is 2.73. The molecule has 1 amide bonds. The van der Waals surface area contributed by atoms with Crippen molar-refractivity contribution in [3.05, 3.63) is 107 Å². The maximum Gasteiger partial charge on any atom is 0.259 e. The maximum atomic E-state index is 12.9. The van der Waals surface area contributed by atoms with Crippen LogP contribution >= 0.6 is 15.9 Å². The molecule has 28 heavy (non-hydrogen) atoms. The molecule has 0 atom stereocenters. The minimum Gasteiger partial charge on any atom is -0.488 e. The molecule has 0 fully saturated rings. The Morgan fingerprint density at radius 2 is 1.57 bits per heavy atom. The molecule has 0 radical (unpaired) electrons. The Balaban J connectivity index is 1.56. The molecule has 0 unspecified atom stereocenters. The van der Waals surface area contributed by atoms with E-state index in [9.17, 15) is 4.79 Å². The van der Waals surface area contributed by atoms with Gasteiger partial charge in [0.2, 0.25) is 0 Å². The van der Waals surface area contributed by atoms with Crippen LogP contribution in [0.1, 0.15) is 15.9 Å². The Morgan fingerprint density at radius 3 is 2.39 bits per heavy atom. The average molecular weight is 432 g/mol. The van der Waals surface area contributed by atoms with E-state index in [1.807, 2.05) is 84.9 Å². The SMILES string of the molecule is O=C(Nc1ccc2ccccc2c1)c1cc(Br)ccc1OCc1ccccc1. The second-order valence-electron chi connectivity index (χ2n) is 6.43. The molecule has 0 aliphatic heterocycles. The van der Waals surface area contributed by atoms with Gasteiger partial charge in [0.05, 0.1) is 5.56 Å². The van der Waals surface area contributed by atoms with E-state index in [4.69, 9.17) is 4.74 Å². The van der Waals surface area contributed by atoms with Crippen molar-refractivity contribution in [3.8, 4) is 5.75 Å². The molecule has 4 aromatic carbocycles. The fourth-order valence-electron chi connectivity index (χ4n) is 3.01. The number of ether oxygens (including phenoxy) is 1. The van der Waals surface area contributed by atoms with Crippen molar-refractivity contribution in [2.45, 2.75) is 6.61 Å². The zero-order chi connectivity index (χ0) is 19.3. The third-order valence-electron chi connectivity index (χ3n) is 4.43. The van der Waals surface area contributed by atoms with Crippen molar-refractivity contribution < 1.29 is 9.53 Å². The van der Waals surface area contributed by atoms with Crippen molar-refractivity contribution in [2.75, 3.05) is 5.32 Å². The summed E-state index contributed by atoms with van der Waals surface area (Å²) in [5, 5.41) is 5.19. The first kappa shape index (κ1) is 18.3. The highest BCUT2D eigenvalue weighted by Crippen LogP contribution is 2.26. The van der Waals surface area contributed by atoms with Gasteiger partial charge in [-0.3, -0.25) is 4.79 Å². The highest BCUT2D eigenvalue weighted by atomic mass is 79.9. The summed E-state index contributed by atoms with van der Waals surface area (Å²) in [6.45, 7) is 0.402. The van der Waals surface area contributed by atoms with Gasteiger partial charge in [-0.25, -0.2) is 0 Å². The third kappa shape index (κ3) is 4.24. The highest BCUT2D eigenvalue weighted by Gasteiger charge is 2.14. The summed E-state index contributed by atoms with van der Waals surface area (Å²) >= 11 is 3.44. The van der Waals surface area contributed by atoms with Crippen molar-refractivity contribution >= 4 is 38.3 Å². The van der Waals surface area contributed by atoms with Crippen LogP contribution in [0.15, 0.2) is 95.5 Å². The monoisotopic (exact) mass is 431 g/mol. The molecule has 0 aromatic heterocycles. The summed E-state index contributed by atoms with van der Waals surface area (Å²) in [6, 6.07) is 29.3. The van der Waals surface area contributed by atoms with Crippen molar-refractivity contribution in [1.29, 1.82) is 0 Å². The predicted molar refractivity (Wildman–Crippen MR) is 117 cm³/mol. The quantitative estimate of drug-likeness (QED) is 0.395. The van der Waals surface area contributed by atoms with Crippen LogP contribution in [0.25, 0.3) is 10.8 Å². The van der Waals surface area contributed by atoms with Gasteiger partial charge < -0.3 is 10.1 Å². The number of benzene rings is 4. The number of halogens is 1. The molecule has 4 rings (SSSR count). The third-order valence-corrected chi connectivity index (χ3v) is 4.92. The fourth-order valence-corrected chi connectivity index (χ4v) is 3.37. The number of nitrogens with one attached hydrogen (secondary N) is 1. The molecule has 0 bridgehead atoms. The molecule has 0 aliphatic carbocycles. The molecule has 3 nitrogen and oxygen atoms in total. The lowest BCUT2D eigenvalue weighted by atomic mass is 10.1. The highest BCUT2D eigenvalue weighted by molar-refractivity contribution is 9.10. The molecule has 4 aromatic rings. The van der Waals surface area contributed by atoms with E-state index in [0.29, 0.717) is 17.9 Å². The number of amides is 1. The van der Waals surface area contributed by atoms with E-state index in [-0.39, 0.29) is 5.91 Å². The lowest BCUT2D eigenvalue weighted by molar-refractivity contribution is 0.102. The summed E-state index contributed by atoms with van der Waals surface area (Å²) in [7, 11) is 0. The minimum absolute atomic E-state index is 0.209. The summed E-state index contributed by atoms with van der Waals surface area (Å²) in [5.41, 5.74) is 2.28. The van der Waals surface area contributed by atoms with Gasteiger partial charge in [-0.2, -0.15) is 0 Å². The lowest BCUT2D eigenvalue weighted by Crippen LogP contribution is -2.13. The van der Waals surface area contributed by atoms with Gasteiger partial charge in [-0.1, -0.05) is 76.6 Å². The number of carbonyl (C=O) groups excluding carboxylic acids is 1. The Labute approximate surface area is 172 Å². The number of hydrogen-bond donors (Lipinski definition) is 1. The number of fused-ring (bicyclic) bond motifs is 1. The van der Waals surface area contributed by atoms with Crippen LogP contribution < -0.4 is 10.1 Å². The van der Waals surface area contributed by atoms with E-state index >= 15 is 0 Å². The van der Waals surface area contributed by atoms with Gasteiger partial charge in [-0.05, 0) is 46.7 Å². The first-order valence-electron chi connectivity index (χ1n) is 8.95. The van der Waals surface area contributed by atoms with Crippen LogP contribution in [0.3, 0.4) is 0 Å². The van der Waals surface area contributed by atoms with E-state index in [2.05, 4.69) is 21.2 Å². The summed E-state index contributed by atoms with van der Waals surface area (Å²) in [5.74, 6) is 0.338. The van der Waals surface area contributed by atoms with Gasteiger partial charge in [0.25, 0.3) is 5.91 Å². The Morgan fingerprint density at radius 1 is 0.821 bits per heavy atom. The van der Waals surface area contributed by atoms with Gasteiger partial charge in [0.15, 0.2) is 0 Å². The van der Waals surface area contributed by atoms with E-state index in [0.717, 1.165) is 26.5 Å². The fraction of sp³-hybridized carbons (Fsp3) is 0.0417. The van der Waals surface area contributed by atoms with Gasteiger partial charge >= 0.3 is 0 Å². The second kappa shape index (κ2) is 8.28. The topological polar surface area (TPSA) is 38.3 Å². The molecule has 1 N–H and O–H groups in total. The van der Waals surface area contributed by atoms with E-state index in [1.165, 1.54) is 0 Å². The van der Waals surface area contributed by atoms with Crippen LogP contribution in [0.2, 0.25) is 0 Å². The molecular weight excluding hydrogens is 414 g/mol. The molecule has 0 spiro atoms. The number of carbonyl (C=O) groups is 1. The standard InChI is InChI=1S/C24H18BrNO2/c25-20-11-13-23(28-16-17-6-2-1-3-7-17)22(15-20)24(27)26-21-12-10-18-8-4-5-9-19(18)14-21/h1-15H,16H2,(H,26,27). The molecule has 0 heterocycles.